The van der Waals surface area contributed by atoms with Gasteiger partial charge >= 0.3 is 0 Å². The van der Waals surface area contributed by atoms with Crippen molar-refractivity contribution in [3.63, 3.8) is 0 Å². The lowest BCUT2D eigenvalue weighted by Crippen LogP contribution is -2.04. The number of nitriles is 2. The maximum absolute atomic E-state index is 9.03. The minimum Gasteiger partial charge on any atom is -0.265 e. The fourth-order valence-electron chi connectivity index (χ4n) is 2.89. The van der Waals surface area contributed by atoms with Gasteiger partial charge in [0.25, 0.3) is 0 Å². The van der Waals surface area contributed by atoms with Gasteiger partial charge < -0.3 is 0 Å². The van der Waals surface area contributed by atoms with Crippen LogP contribution in [0.15, 0.2) is 48.5 Å². The Labute approximate surface area is 141 Å². The highest BCUT2D eigenvalue weighted by molar-refractivity contribution is 5.69. The van der Waals surface area contributed by atoms with Gasteiger partial charge in [0.1, 0.15) is 0 Å². The topological polar surface area (TPSA) is 65.4 Å². The van der Waals surface area contributed by atoms with Crippen LogP contribution in [0.25, 0.3) is 11.1 Å². The normalized spacial score (nSPS) is 10.2. The third-order valence-corrected chi connectivity index (χ3v) is 4.07. The molecule has 1 heterocycles. The fraction of sp³-hybridized carbons (Fsp3) is 0.150. The highest BCUT2D eigenvalue weighted by Crippen LogP contribution is 2.27. The summed E-state index contributed by atoms with van der Waals surface area (Å²) in [6.45, 7) is 4.66. The minimum atomic E-state index is 0.623. The first-order valence-electron chi connectivity index (χ1n) is 7.66. The Bertz CT molecular complexity index is 966. The summed E-state index contributed by atoms with van der Waals surface area (Å²) in [4.78, 5) is 0. The van der Waals surface area contributed by atoms with Crippen molar-refractivity contribution < 1.29 is 0 Å². The molecular weight excluding hydrogens is 296 g/mol. The zero-order valence-electron chi connectivity index (χ0n) is 13.6. The lowest BCUT2D eigenvalue weighted by atomic mass is 10.0. The van der Waals surface area contributed by atoms with Gasteiger partial charge in [-0.25, -0.2) is 0 Å². The van der Waals surface area contributed by atoms with Crippen molar-refractivity contribution in [3.8, 4) is 23.3 Å². The molecule has 0 unspecified atom stereocenters. The molecular formula is C20H16N4. The Morgan fingerprint density at radius 2 is 1.67 bits per heavy atom. The van der Waals surface area contributed by atoms with Gasteiger partial charge in [0.05, 0.1) is 35.5 Å². The van der Waals surface area contributed by atoms with E-state index in [0.717, 1.165) is 28.1 Å². The van der Waals surface area contributed by atoms with E-state index >= 15 is 0 Å². The second-order valence-electron chi connectivity index (χ2n) is 5.70. The second kappa shape index (κ2) is 6.40. The smallest absolute Gasteiger partial charge is 0.0991 e. The van der Waals surface area contributed by atoms with Crippen molar-refractivity contribution in [1.29, 1.82) is 10.5 Å². The van der Waals surface area contributed by atoms with Crippen molar-refractivity contribution in [2.75, 3.05) is 0 Å². The summed E-state index contributed by atoms with van der Waals surface area (Å²) in [6, 6.07) is 19.4. The van der Waals surface area contributed by atoms with E-state index in [9.17, 15) is 0 Å². The van der Waals surface area contributed by atoms with E-state index in [1.54, 1.807) is 6.07 Å². The summed E-state index contributed by atoms with van der Waals surface area (Å²) in [5, 5.41) is 22.6. The number of rotatable bonds is 3. The molecule has 24 heavy (non-hydrogen) atoms. The van der Waals surface area contributed by atoms with Crippen molar-refractivity contribution in [3.05, 3.63) is 76.6 Å². The number of aromatic nitrogens is 2. The molecule has 0 bridgehead atoms. The van der Waals surface area contributed by atoms with Crippen LogP contribution in [0, 0.1) is 36.5 Å². The average Bonchev–Trinajstić information content (AvgIpc) is 2.89. The van der Waals surface area contributed by atoms with E-state index in [-0.39, 0.29) is 0 Å². The minimum absolute atomic E-state index is 0.623. The Hall–Kier alpha value is -3.37. The van der Waals surface area contributed by atoms with Crippen LogP contribution in [0.1, 0.15) is 28.1 Å². The molecule has 0 aliphatic heterocycles. The van der Waals surface area contributed by atoms with E-state index in [1.807, 2.05) is 61.0 Å². The lowest BCUT2D eigenvalue weighted by Gasteiger charge is -2.06. The Kier molecular flexibility index (Phi) is 4.14. The molecule has 116 valence electrons. The van der Waals surface area contributed by atoms with Gasteiger partial charge in [-0.2, -0.15) is 15.6 Å². The molecule has 0 aliphatic rings. The van der Waals surface area contributed by atoms with Gasteiger partial charge in [-0.1, -0.05) is 24.3 Å². The molecule has 0 spiro atoms. The number of hydrogen-bond donors (Lipinski definition) is 0. The van der Waals surface area contributed by atoms with E-state index in [1.165, 1.54) is 0 Å². The molecule has 0 aliphatic carbocycles. The standard InChI is InChI=1S/C20H16N4/c1-14-20(19-8-6-16(11-21)7-9-19)15(2)24(23-14)13-18-5-3-4-17(10-18)12-22/h3-10H,13H2,1-2H3. The van der Waals surface area contributed by atoms with Crippen molar-refractivity contribution >= 4 is 0 Å². The molecule has 0 saturated carbocycles. The van der Waals surface area contributed by atoms with Crippen LogP contribution in [0.5, 0.6) is 0 Å². The number of hydrogen-bond acceptors (Lipinski definition) is 3. The SMILES string of the molecule is Cc1nn(Cc2cccc(C#N)c2)c(C)c1-c1ccc(C#N)cc1. The van der Waals surface area contributed by atoms with Gasteiger partial charge in [0.2, 0.25) is 0 Å². The predicted octanol–water partition coefficient (Wildman–Crippen LogP) is 3.96. The number of nitrogens with zero attached hydrogens (tertiary/aromatic N) is 4. The maximum atomic E-state index is 9.03. The van der Waals surface area contributed by atoms with Crippen LogP contribution >= 0.6 is 0 Å². The highest BCUT2D eigenvalue weighted by Gasteiger charge is 2.13. The molecule has 0 radical (unpaired) electrons. The first kappa shape index (κ1) is 15.5. The van der Waals surface area contributed by atoms with Gasteiger partial charge in [0.15, 0.2) is 0 Å². The quantitative estimate of drug-likeness (QED) is 0.735. The fourth-order valence-corrected chi connectivity index (χ4v) is 2.89. The zero-order valence-corrected chi connectivity index (χ0v) is 13.6. The molecule has 4 nitrogen and oxygen atoms in total. The molecule has 0 amide bonds. The van der Waals surface area contributed by atoms with Crippen LogP contribution in [0.4, 0.5) is 0 Å². The second-order valence-corrected chi connectivity index (χ2v) is 5.70. The summed E-state index contributed by atoms with van der Waals surface area (Å²) >= 11 is 0. The Balaban J connectivity index is 1.97. The third-order valence-electron chi connectivity index (χ3n) is 4.07. The Morgan fingerprint density at radius 1 is 0.958 bits per heavy atom. The molecule has 1 aromatic heterocycles. The largest absolute Gasteiger partial charge is 0.265 e. The predicted molar refractivity (Wildman–Crippen MR) is 92.1 cm³/mol. The summed E-state index contributed by atoms with van der Waals surface area (Å²) in [6.07, 6.45) is 0. The molecule has 0 atom stereocenters. The summed E-state index contributed by atoms with van der Waals surface area (Å²) in [5.74, 6) is 0. The van der Waals surface area contributed by atoms with E-state index in [2.05, 4.69) is 17.2 Å². The van der Waals surface area contributed by atoms with E-state index < -0.39 is 0 Å². The molecule has 2 aromatic carbocycles. The average molecular weight is 312 g/mol. The first-order chi connectivity index (χ1) is 11.6. The molecule has 0 N–H and O–H groups in total. The third kappa shape index (κ3) is 2.91. The molecule has 3 aromatic rings. The summed E-state index contributed by atoms with van der Waals surface area (Å²) in [7, 11) is 0. The lowest BCUT2D eigenvalue weighted by molar-refractivity contribution is 0.659. The van der Waals surface area contributed by atoms with E-state index in [0.29, 0.717) is 17.7 Å². The van der Waals surface area contributed by atoms with Crippen molar-refractivity contribution in [1.82, 2.24) is 9.78 Å². The summed E-state index contributed by atoms with van der Waals surface area (Å²) in [5.41, 5.74) is 6.52. The van der Waals surface area contributed by atoms with Crippen LogP contribution in [0.3, 0.4) is 0 Å². The van der Waals surface area contributed by atoms with Crippen LogP contribution in [-0.4, -0.2) is 9.78 Å². The highest BCUT2D eigenvalue weighted by atomic mass is 15.3. The molecule has 0 fully saturated rings. The van der Waals surface area contributed by atoms with E-state index in [4.69, 9.17) is 10.5 Å². The number of aryl methyl sites for hydroxylation is 1. The first-order valence-corrected chi connectivity index (χ1v) is 7.66. The van der Waals surface area contributed by atoms with Gasteiger partial charge in [-0.3, -0.25) is 4.68 Å². The summed E-state index contributed by atoms with van der Waals surface area (Å²) < 4.78 is 1.96. The van der Waals surface area contributed by atoms with Gasteiger partial charge in [-0.05, 0) is 49.2 Å². The van der Waals surface area contributed by atoms with Crippen molar-refractivity contribution in [2.24, 2.45) is 0 Å². The van der Waals surface area contributed by atoms with Crippen LogP contribution < -0.4 is 0 Å². The Morgan fingerprint density at radius 3 is 2.33 bits per heavy atom. The molecule has 3 rings (SSSR count). The van der Waals surface area contributed by atoms with Crippen molar-refractivity contribution in [2.45, 2.75) is 20.4 Å². The maximum Gasteiger partial charge on any atom is 0.0991 e. The van der Waals surface area contributed by atoms with Gasteiger partial charge in [-0.15, -0.1) is 0 Å². The number of benzene rings is 2. The van der Waals surface area contributed by atoms with Crippen LogP contribution in [0.2, 0.25) is 0 Å². The molecule has 0 saturated heterocycles. The zero-order chi connectivity index (χ0) is 17.1. The molecule has 4 heteroatoms. The van der Waals surface area contributed by atoms with Crippen LogP contribution in [-0.2, 0) is 6.54 Å². The monoisotopic (exact) mass is 312 g/mol. The van der Waals surface area contributed by atoms with Gasteiger partial charge in [0, 0.05) is 11.3 Å².